The Labute approximate surface area is 64.1 Å². The molecule has 0 atom stereocenters. The zero-order valence-electron chi connectivity index (χ0n) is 6.16. The lowest BCUT2D eigenvalue weighted by atomic mass is 10.2. The standard InChI is InChI=1S/C7H9N3O/c1-5-6(4-9-10-5)2-3-7(8)11/h2-4H,1H3,(H2,8,11)(H,9,10)/b3-2-. The number of nitrogens with zero attached hydrogens (tertiary/aromatic N) is 1. The molecule has 0 aliphatic carbocycles. The summed E-state index contributed by atoms with van der Waals surface area (Å²) in [6, 6.07) is 0. The van der Waals surface area contributed by atoms with Gasteiger partial charge in [0, 0.05) is 17.3 Å². The maximum Gasteiger partial charge on any atom is 0.241 e. The first-order chi connectivity index (χ1) is 5.20. The fourth-order valence-corrected chi connectivity index (χ4v) is 0.700. The Morgan fingerprint density at radius 1 is 1.82 bits per heavy atom. The second kappa shape index (κ2) is 3.01. The highest BCUT2D eigenvalue weighted by Gasteiger charge is 1.94. The minimum atomic E-state index is -0.453. The molecule has 0 saturated heterocycles. The molecule has 0 spiro atoms. The maximum atomic E-state index is 10.3. The lowest BCUT2D eigenvalue weighted by molar-refractivity contribution is -0.113. The molecule has 0 unspecified atom stereocenters. The Kier molecular flexibility index (Phi) is 2.06. The number of hydrogen-bond acceptors (Lipinski definition) is 2. The molecule has 3 N–H and O–H groups in total. The number of hydrogen-bond donors (Lipinski definition) is 2. The van der Waals surface area contributed by atoms with Crippen LogP contribution in [0.25, 0.3) is 6.08 Å². The van der Waals surface area contributed by atoms with E-state index in [0.717, 1.165) is 11.3 Å². The molecule has 0 fully saturated rings. The third-order valence-electron chi connectivity index (χ3n) is 1.30. The zero-order valence-corrected chi connectivity index (χ0v) is 6.16. The number of primary amides is 1. The summed E-state index contributed by atoms with van der Waals surface area (Å²) in [7, 11) is 0. The van der Waals surface area contributed by atoms with Crippen molar-refractivity contribution in [3.05, 3.63) is 23.5 Å². The van der Waals surface area contributed by atoms with Crippen LogP contribution in [0.4, 0.5) is 0 Å². The van der Waals surface area contributed by atoms with Crippen molar-refractivity contribution in [3.63, 3.8) is 0 Å². The van der Waals surface area contributed by atoms with Crippen molar-refractivity contribution in [1.29, 1.82) is 0 Å². The van der Waals surface area contributed by atoms with Gasteiger partial charge in [-0.15, -0.1) is 0 Å². The van der Waals surface area contributed by atoms with E-state index in [1.165, 1.54) is 6.08 Å². The van der Waals surface area contributed by atoms with Crippen LogP contribution in [-0.4, -0.2) is 16.1 Å². The van der Waals surface area contributed by atoms with Crippen LogP contribution in [0.2, 0.25) is 0 Å². The Balaban J connectivity index is 2.79. The largest absolute Gasteiger partial charge is 0.366 e. The van der Waals surface area contributed by atoms with Gasteiger partial charge in [0.05, 0.1) is 6.20 Å². The number of nitrogens with two attached hydrogens (primary N) is 1. The summed E-state index contributed by atoms with van der Waals surface area (Å²) in [6.07, 6.45) is 4.56. The average molecular weight is 151 g/mol. The number of carbonyl (C=O) groups is 1. The summed E-state index contributed by atoms with van der Waals surface area (Å²) in [5.74, 6) is -0.453. The predicted molar refractivity (Wildman–Crippen MR) is 41.6 cm³/mol. The van der Waals surface area contributed by atoms with Gasteiger partial charge in [-0.3, -0.25) is 9.89 Å². The topological polar surface area (TPSA) is 71.8 Å². The molecule has 11 heavy (non-hydrogen) atoms. The molecule has 4 nitrogen and oxygen atoms in total. The fraction of sp³-hybridized carbons (Fsp3) is 0.143. The quantitative estimate of drug-likeness (QED) is 0.593. The van der Waals surface area contributed by atoms with E-state index in [2.05, 4.69) is 10.2 Å². The van der Waals surface area contributed by atoms with Crippen molar-refractivity contribution in [2.75, 3.05) is 0 Å². The summed E-state index contributed by atoms with van der Waals surface area (Å²) in [5, 5.41) is 6.51. The first-order valence-electron chi connectivity index (χ1n) is 3.17. The third kappa shape index (κ3) is 1.93. The van der Waals surface area contributed by atoms with Crippen LogP contribution in [-0.2, 0) is 4.79 Å². The molecule has 1 aromatic heterocycles. The minimum Gasteiger partial charge on any atom is -0.366 e. The van der Waals surface area contributed by atoms with E-state index in [4.69, 9.17) is 5.73 Å². The molecule has 0 aromatic carbocycles. The Bertz CT molecular complexity index is 288. The Hall–Kier alpha value is -1.58. The summed E-state index contributed by atoms with van der Waals surface area (Å²) in [4.78, 5) is 10.3. The van der Waals surface area contributed by atoms with Crippen molar-refractivity contribution >= 4 is 12.0 Å². The van der Waals surface area contributed by atoms with E-state index in [1.807, 2.05) is 6.92 Å². The highest BCUT2D eigenvalue weighted by Crippen LogP contribution is 2.03. The number of aromatic amines is 1. The number of carbonyl (C=O) groups excluding carboxylic acids is 1. The lowest BCUT2D eigenvalue weighted by Crippen LogP contribution is -2.05. The van der Waals surface area contributed by atoms with Crippen LogP contribution in [0, 0.1) is 6.92 Å². The Morgan fingerprint density at radius 2 is 2.55 bits per heavy atom. The van der Waals surface area contributed by atoms with Crippen molar-refractivity contribution in [2.45, 2.75) is 6.92 Å². The summed E-state index contributed by atoms with van der Waals surface area (Å²) in [6.45, 7) is 1.87. The molecular weight excluding hydrogens is 142 g/mol. The number of amides is 1. The van der Waals surface area contributed by atoms with Gasteiger partial charge in [-0.05, 0) is 13.0 Å². The first kappa shape index (κ1) is 7.53. The molecule has 58 valence electrons. The molecule has 1 aromatic rings. The normalized spacial score (nSPS) is 10.6. The van der Waals surface area contributed by atoms with E-state index in [0.29, 0.717) is 0 Å². The monoisotopic (exact) mass is 151 g/mol. The van der Waals surface area contributed by atoms with E-state index in [1.54, 1.807) is 12.3 Å². The predicted octanol–water partition coefficient (Wildman–Crippen LogP) is 0.217. The van der Waals surface area contributed by atoms with Crippen LogP contribution < -0.4 is 5.73 Å². The molecule has 0 aliphatic heterocycles. The van der Waals surface area contributed by atoms with Crippen LogP contribution in [0.15, 0.2) is 12.3 Å². The van der Waals surface area contributed by atoms with Crippen LogP contribution in [0.1, 0.15) is 11.3 Å². The smallest absolute Gasteiger partial charge is 0.241 e. The average Bonchev–Trinajstić information content (AvgIpc) is 2.31. The molecule has 0 aliphatic rings. The lowest BCUT2D eigenvalue weighted by Gasteiger charge is -1.85. The van der Waals surface area contributed by atoms with Crippen molar-refractivity contribution < 1.29 is 4.79 Å². The van der Waals surface area contributed by atoms with Gasteiger partial charge in [0.2, 0.25) is 5.91 Å². The summed E-state index contributed by atoms with van der Waals surface area (Å²) < 4.78 is 0. The molecule has 0 radical (unpaired) electrons. The number of rotatable bonds is 2. The Morgan fingerprint density at radius 3 is 3.00 bits per heavy atom. The van der Waals surface area contributed by atoms with Crippen LogP contribution in [0.5, 0.6) is 0 Å². The molecule has 1 amide bonds. The molecule has 1 rings (SSSR count). The van der Waals surface area contributed by atoms with Gasteiger partial charge >= 0.3 is 0 Å². The van der Waals surface area contributed by atoms with E-state index < -0.39 is 5.91 Å². The highest BCUT2D eigenvalue weighted by molar-refractivity contribution is 5.90. The number of aryl methyl sites for hydroxylation is 1. The van der Waals surface area contributed by atoms with Gasteiger partial charge in [-0.2, -0.15) is 5.10 Å². The summed E-state index contributed by atoms with van der Waals surface area (Å²) >= 11 is 0. The molecule has 4 heteroatoms. The van der Waals surface area contributed by atoms with Crippen LogP contribution in [0.3, 0.4) is 0 Å². The molecule has 0 saturated carbocycles. The second-order valence-electron chi connectivity index (χ2n) is 2.19. The van der Waals surface area contributed by atoms with Gasteiger partial charge < -0.3 is 5.73 Å². The fourth-order valence-electron chi connectivity index (χ4n) is 0.700. The van der Waals surface area contributed by atoms with Gasteiger partial charge in [-0.25, -0.2) is 0 Å². The number of aromatic nitrogens is 2. The third-order valence-corrected chi connectivity index (χ3v) is 1.30. The second-order valence-corrected chi connectivity index (χ2v) is 2.19. The number of nitrogens with one attached hydrogen (secondary N) is 1. The number of H-pyrrole nitrogens is 1. The first-order valence-corrected chi connectivity index (χ1v) is 3.17. The van der Waals surface area contributed by atoms with Gasteiger partial charge in [-0.1, -0.05) is 0 Å². The van der Waals surface area contributed by atoms with Gasteiger partial charge in [0.1, 0.15) is 0 Å². The van der Waals surface area contributed by atoms with Gasteiger partial charge in [0.25, 0.3) is 0 Å². The SMILES string of the molecule is Cc1[nH]ncc1/C=C\C(N)=O. The van der Waals surface area contributed by atoms with Crippen molar-refractivity contribution in [2.24, 2.45) is 5.73 Å². The van der Waals surface area contributed by atoms with E-state index in [9.17, 15) is 4.79 Å². The van der Waals surface area contributed by atoms with Crippen molar-refractivity contribution in [3.8, 4) is 0 Å². The van der Waals surface area contributed by atoms with Crippen molar-refractivity contribution in [1.82, 2.24) is 10.2 Å². The van der Waals surface area contributed by atoms with Gasteiger partial charge in [0.15, 0.2) is 0 Å². The molecule has 1 heterocycles. The molecule has 0 bridgehead atoms. The molecular formula is C7H9N3O. The minimum absolute atomic E-state index is 0.453. The van der Waals surface area contributed by atoms with E-state index in [-0.39, 0.29) is 0 Å². The highest BCUT2D eigenvalue weighted by atomic mass is 16.1. The van der Waals surface area contributed by atoms with E-state index >= 15 is 0 Å². The van der Waals surface area contributed by atoms with Crippen LogP contribution >= 0.6 is 0 Å². The zero-order chi connectivity index (χ0) is 8.27. The summed E-state index contributed by atoms with van der Waals surface area (Å²) in [5.41, 5.74) is 6.70. The maximum absolute atomic E-state index is 10.3.